The van der Waals surface area contributed by atoms with Crippen LogP contribution in [-0.4, -0.2) is 49.6 Å². The lowest BCUT2D eigenvalue weighted by Crippen LogP contribution is -2.53. The molecule has 2 aromatic carbocycles. The van der Waals surface area contributed by atoms with Gasteiger partial charge in [0.15, 0.2) is 0 Å². The summed E-state index contributed by atoms with van der Waals surface area (Å²) in [7, 11) is 0. The Bertz CT molecular complexity index is 933. The van der Waals surface area contributed by atoms with Crippen LogP contribution in [0.1, 0.15) is 51.3 Å². The molecule has 1 amide bonds. The summed E-state index contributed by atoms with van der Waals surface area (Å²) in [6.07, 6.45) is 0.887. The third-order valence-corrected chi connectivity index (χ3v) is 7.44. The highest BCUT2D eigenvalue weighted by atomic mass is 16.2. The van der Waals surface area contributed by atoms with Crippen LogP contribution in [0.3, 0.4) is 0 Å². The zero-order valence-electron chi connectivity index (χ0n) is 19.7. The van der Waals surface area contributed by atoms with Gasteiger partial charge in [-0.2, -0.15) is 0 Å². The summed E-state index contributed by atoms with van der Waals surface area (Å²) in [5.41, 5.74) is 4.96. The van der Waals surface area contributed by atoms with Crippen molar-refractivity contribution in [1.82, 2.24) is 10.2 Å². The lowest BCUT2D eigenvalue weighted by molar-refractivity contribution is -0.120. The molecule has 0 saturated carbocycles. The van der Waals surface area contributed by atoms with E-state index in [1.54, 1.807) is 0 Å². The number of piperazine rings is 1. The Kier molecular flexibility index (Phi) is 5.97. The number of anilines is 1. The first kappa shape index (κ1) is 22.0. The third kappa shape index (κ3) is 4.42. The maximum absolute atomic E-state index is 13.5. The quantitative estimate of drug-likeness (QED) is 0.806. The Balaban J connectivity index is 1.64. The molecule has 1 N–H and O–H groups in total. The summed E-state index contributed by atoms with van der Waals surface area (Å²) >= 11 is 0. The number of carbonyl (C=O) groups excluding carboxylic acids is 1. The summed E-state index contributed by atoms with van der Waals surface area (Å²) in [5.74, 6) is 0.222. The number of nitrogens with one attached hydrogen (secondary N) is 1. The zero-order chi connectivity index (χ0) is 22.2. The number of hydrogen-bond donors (Lipinski definition) is 1. The van der Waals surface area contributed by atoms with E-state index in [-0.39, 0.29) is 16.7 Å². The van der Waals surface area contributed by atoms with E-state index in [1.165, 1.54) is 16.7 Å². The molecule has 0 aliphatic carbocycles. The smallest absolute Gasteiger partial charge is 0.241 e. The number of fused-ring (bicyclic) bond motifs is 1. The van der Waals surface area contributed by atoms with Crippen molar-refractivity contribution in [1.29, 1.82) is 0 Å². The molecule has 2 aliphatic rings. The van der Waals surface area contributed by atoms with Crippen molar-refractivity contribution in [3.63, 3.8) is 0 Å². The highest BCUT2D eigenvalue weighted by molar-refractivity contribution is 5.98. The van der Waals surface area contributed by atoms with Crippen LogP contribution in [0.25, 0.3) is 0 Å². The number of nitrogens with zero attached hydrogens (tertiary/aromatic N) is 2. The Labute approximate surface area is 187 Å². The van der Waals surface area contributed by atoms with Gasteiger partial charge in [-0.1, -0.05) is 70.2 Å². The lowest BCUT2D eigenvalue weighted by atomic mass is 9.65. The van der Waals surface area contributed by atoms with Gasteiger partial charge in [0.25, 0.3) is 0 Å². The first-order chi connectivity index (χ1) is 14.7. The molecule has 0 bridgehead atoms. The van der Waals surface area contributed by atoms with Crippen molar-refractivity contribution in [3.05, 3.63) is 65.2 Å². The van der Waals surface area contributed by atoms with Gasteiger partial charge in [0, 0.05) is 43.3 Å². The van der Waals surface area contributed by atoms with E-state index in [9.17, 15) is 4.79 Å². The summed E-state index contributed by atoms with van der Waals surface area (Å²) in [6.45, 7) is 15.4. The van der Waals surface area contributed by atoms with Crippen LogP contribution in [0.5, 0.6) is 0 Å². The molecule has 31 heavy (non-hydrogen) atoms. The summed E-state index contributed by atoms with van der Waals surface area (Å²) in [6, 6.07) is 17.8. The van der Waals surface area contributed by atoms with Crippen LogP contribution in [0.4, 0.5) is 5.69 Å². The summed E-state index contributed by atoms with van der Waals surface area (Å²) in [5, 5.41) is 3.47. The summed E-state index contributed by atoms with van der Waals surface area (Å²) < 4.78 is 0. The second-order valence-electron chi connectivity index (χ2n) is 10.7. The Morgan fingerprint density at radius 2 is 1.87 bits per heavy atom. The van der Waals surface area contributed by atoms with Crippen molar-refractivity contribution >= 4 is 11.6 Å². The normalized spacial score (nSPS) is 24.3. The second-order valence-corrected chi connectivity index (χ2v) is 10.7. The molecule has 2 aliphatic heterocycles. The van der Waals surface area contributed by atoms with Gasteiger partial charge in [0.2, 0.25) is 5.91 Å². The van der Waals surface area contributed by atoms with Gasteiger partial charge in [-0.3, -0.25) is 9.69 Å². The first-order valence-electron chi connectivity index (χ1n) is 11.6. The van der Waals surface area contributed by atoms with Gasteiger partial charge in [-0.15, -0.1) is 0 Å². The van der Waals surface area contributed by atoms with Gasteiger partial charge in [-0.05, 0) is 41.5 Å². The fourth-order valence-electron chi connectivity index (χ4n) is 4.99. The highest BCUT2D eigenvalue weighted by Crippen LogP contribution is 2.50. The van der Waals surface area contributed by atoms with Crippen LogP contribution in [0, 0.1) is 5.41 Å². The number of benzene rings is 2. The molecule has 2 unspecified atom stereocenters. The van der Waals surface area contributed by atoms with E-state index in [0.717, 1.165) is 38.3 Å². The van der Waals surface area contributed by atoms with Gasteiger partial charge >= 0.3 is 0 Å². The van der Waals surface area contributed by atoms with E-state index in [1.807, 2.05) is 0 Å². The minimum absolute atomic E-state index is 0.0568. The van der Waals surface area contributed by atoms with E-state index in [0.29, 0.717) is 12.6 Å². The van der Waals surface area contributed by atoms with Crippen molar-refractivity contribution in [2.75, 3.05) is 37.6 Å². The van der Waals surface area contributed by atoms with Crippen molar-refractivity contribution in [2.24, 2.45) is 5.41 Å². The Morgan fingerprint density at radius 1 is 1.13 bits per heavy atom. The Hall–Kier alpha value is -2.17. The molecule has 2 heterocycles. The van der Waals surface area contributed by atoms with Crippen LogP contribution in [-0.2, 0) is 16.6 Å². The number of rotatable bonds is 4. The van der Waals surface area contributed by atoms with Crippen LogP contribution in [0.2, 0.25) is 0 Å². The number of hydrogen-bond acceptors (Lipinski definition) is 3. The van der Waals surface area contributed by atoms with E-state index in [4.69, 9.17) is 0 Å². The van der Waals surface area contributed by atoms with E-state index >= 15 is 0 Å². The Morgan fingerprint density at radius 3 is 2.55 bits per heavy atom. The molecular weight excluding hydrogens is 382 g/mol. The topological polar surface area (TPSA) is 35.6 Å². The second kappa shape index (κ2) is 8.40. The molecule has 0 spiro atoms. The van der Waals surface area contributed by atoms with Gasteiger partial charge in [0.1, 0.15) is 0 Å². The molecule has 0 aromatic heterocycles. The SMILES string of the molecule is CC1CN(CC(=O)N2CC(C)(C(C)(C)C)c3ccc(Cc4ccccc4)cc32)CCN1. The minimum Gasteiger partial charge on any atom is -0.312 e. The molecule has 4 heteroatoms. The molecule has 4 nitrogen and oxygen atoms in total. The zero-order valence-corrected chi connectivity index (χ0v) is 19.7. The number of amides is 1. The predicted octanol–water partition coefficient (Wildman–Crippen LogP) is 4.22. The number of carbonyl (C=O) groups is 1. The lowest BCUT2D eigenvalue weighted by Gasteiger charge is -2.39. The molecule has 2 atom stereocenters. The van der Waals surface area contributed by atoms with Crippen molar-refractivity contribution in [3.8, 4) is 0 Å². The molecule has 166 valence electrons. The van der Waals surface area contributed by atoms with Crippen LogP contribution >= 0.6 is 0 Å². The predicted molar refractivity (Wildman–Crippen MR) is 129 cm³/mol. The van der Waals surface area contributed by atoms with Gasteiger partial charge in [0.05, 0.1) is 6.54 Å². The maximum Gasteiger partial charge on any atom is 0.241 e. The van der Waals surface area contributed by atoms with E-state index < -0.39 is 0 Å². The largest absolute Gasteiger partial charge is 0.312 e. The van der Waals surface area contributed by atoms with E-state index in [2.05, 4.69) is 98.3 Å². The third-order valence-electron chi connectivity index (χ3n) is 7.44. The van der Waals surface area contributed by atoms with Crippen molar-refractivity contribution < 1.29 is 4.79 Å². The molecule has 0 radical (unpaired) electrons. The van der Waals surface area contributed by atoms with Crippen LogP contribution in [0.15, 0.2) is 48.5 Å². The standard InChI is InChI=1S/C27H37N3O/c1-20-17-29(14-13-28-20)18-25(31)30-19-27(5,26(2,3)4)23-12-11-22(16-24(23)30)15-21-9-7-6-8-10-21/h6-12,16,20,28H,13-15,17-19H2,1-5H3. The monoisotopic (exact) mass is 419 g/mol. The molecular formula is C27H37N3O. The average Bonchev–Trinajstić information content (AvgIpc) is 3.02. The maximum atomic E-state index is 13.5. The summed E-state index contributed by atoms with van der Waals surface area (Å²) in [4.78, 5) is 17.9. The van der Waals surface area contributed by atoms with Gasteiger partial charge < -0.3 is 10.2 Å². The molecule has 1 saturated heterocycles. The first-order valence-corrected chi connectivity index (χ1v) is 11.6. The van der Waals surface area contributed by atoms with Crippen molar-refractivity contribution in [2.45, 2.75) is 52.5 Å². The molecule has 1 fully saturated rings. The fraction of sp³-hybridized carbons (Fsp3) is 0.519. The highest BCUT2D eigenvalue weighted by Gasteiger charge is 2.48. The van der Waals surface area contributed by atoms with Gasteiger partial charge in [-0.25, -0.2) is 0 Å². The fourth-order valence-corrected chi connectivity index (χ4v) is 4.99. The minimum atomic E-state index is -0.0694. The molecule has 4 rings (SSSR count). The average molecular weight is 420 g/mol. The molecule has 2 aromatic rings. The van der Waals surface area contributed by atoms with Crippen LogP contribution < -0.4 is 10.2 Å².